The number of nitrogens with one attached hydrogen (secondary N) is 1. The van der Waals surface area contributed by atoms with E-state index in [9.17, 15) is 13.6 Å². The first-order valence-electron chi connectivity index (χ1n) is 8.75. The van der Waals surface area contributed by atoms with Gasteiger partial charge in [-0.05, 0) is 31.9 Å². The highest BCUT2D eigenvalue weighted by Crippen LogP contribution is 2.19. The van der Waals surface area contributed by atoms with E-state index in [0.717, 1.165) is 30.9 Å². The summed E-state index contributed by atoms with van der Waals surface area (Å²) in [6.07, 6.45) is 1.45. The van der Waals surface area contributed by atoms with Crippen LogP contribution in [0, 0.1) is 17.6 Å². The number of nitrogens with zero attached hydrogens (tertiary/aromatic N) is 2. The Morgan fingerprint density at radius 1 is 1.30 bits per heavy atom. The molecular weight excluding hydrogens is 471 g/mol. The number of likely N-dealkylation sites (tertiary alicyclic amines) is 1. The van der Waals surface area contributed by atoms with Gasteiger partial charge in [0.1, 0.15) is 12.4 Å². The summed E-state index contributed by atoms with van der Waals surface area (Å²) in [7, 11) is 1.69. The van der Waals surface area contributed by atoms with Gasteiger partial charge in [0.25, 0.3) is 0 Å². The smallest absolute Gasteiger partial charge is 0.309 e. The van der Waals surface area contributed by atoms with Gasteiger partial charge in [0.2, 0.25) is 0 Å². The second-order valence-corrected chi connectivity index (χ2v) is 5.91. The van der Waals surface area contributed by atoms with E-state index in [1.165, 1.54) is 6.07 Å². The molecule has 1 aliphatic rings. The van der Waals surface area contributed by atoms with Crippen LogP contribution in [0.15, 0.2) is 23.2 Å². The minimum absolute atomic E-state index is 0. The van der Waals surface area contributed by atoms with Crippen LogP contribution >= 0.6 is 24.0 Å². The van der Waals surface area contributed by atoms with Crippen molar-refractivity contribution >= 4 is 35.9 Å². The zero-order valence-corrected chi connectivity index (χ0v) is 17.9. The molecule has 0 atom stereocenters. The number of guanidine groups is 1. The molecule has 1 saturated heterocycles. The summed E-state index contributed by atoms with van der Waals surface area (Å²) in [5.74, 6) is -1.02. The van der Waals surface area contributed by atoms with Crippen LogP contribution in [-0.4, -0.2) is 56.7 Å². The maximum absolute atomic E-state index is 13.1. The van der Waals surface area contributed by atoms with E-state index < -0.39 is 11.6 Å². The Morgan fingerprint density at radius 3 is 2.59 bits per heavy atom. The van der Waals surface area contributed by atoms with Gasteiger partial charge < -0.3 is 19.7 Å². The monoisotopic (exact) mass is 497 g/mol. The Bertz CT molecular complexity index is 638. The fourth-order valence-electron chi connectivity index (χ4n) is 2.82. The Labute approximate surface area is 175 Å². The van der Waals surface area contributed by atoms with Crippen molar-refractivity contribution in [2.75, 3.05) is 39.9 Å². The molecule has 1 aliphatic heterocycles. The van der Waals surface area contributed by atoms with Crippen LogP contribution in [0.5, 0.6) is 5.75 Å². The average molecular weight is 497 g/mol. The summed E-state index contributed by atoms with van der Waals surface area (Å²) in [5.41, 5.74) is 0. The van der Waals surface area contributed by atoms with Gasteiger partial charge in [-0.2, -0.15) is 0 Å². The largest absolute Gasteiger partial charge is 0.492 e. The second-order valence-electron chi connectivity index (χ2n) is 5.91. The molecule has 6 nitrogen and oxygen atoms in total. The lowest BCUT2D eigenvalue weighted by Crippen LogP contribution is -2.47. The van der Waals surface area contributed by atoms with Crippen LogP contribution in [0.25, 0.3) is 0 Å². The highest BCUT2D eigenvalue weighted by molar-refractivity contribution is 14.0. The second kappa shape index (κ2) is 11.9. The molecule has 2 rings (SSSR count). The summed E-state index contributed by atoms with van der Waals surface area (Å²) in [6.45, 7) is 4.38. The molecule has 9 heteroatoms. The van der Waals surface area contributed by atoms with Crippen molar-refractivity contribution in [2.24, 2.45) is 10.9 Å². The molecular formula is C18H26F2IN3O3. The number of esters is 1. The molecule has 0 bridgehead atoms. The summed E-state index contributed by atoms with van der Waals surface area (Å²) < 4.78 is 36.5. The molecule has 27 heavy (non-hydrogen) atoms. The Morgan fingerprint density at radius 2 is 2.00 bits per heavy atom. The van der Waals surface area contributed by atoms with Gasteiger partial charge >= 0.3 is 5.97 Å². The molecule has 0 saturated carbocycles. The number of benzene rings is 1. The van der Waals surface area contributed by atoms with Crippen molar-refractivity contribution in [3.63, 3.8) is 0 Å². The van der Waals surface area contributed by atoms with E-state index in [-0.39, 0.29) is 48.2 Å². The van der Waals surface area contributed by atoms with Crippen molar-refractivity contribution in [2.45, 2.75) is 19.8 Å². The van der Waals surface area contributed by atoms with Crippen molar-refractivity contribution in [1.29, 1.82) is 0 Å². The fraction of sp³-hybridized carbons (Fsp3) is 0.556. The Balaban J connectivity index is 0.00000364. The number of aliphatic imine (C=N–C) groups is 1. The normalized spacial score (nSPS) is 15.1. The number of carbonyl (C=O) groups is 1. The highest BCUT2D eigenvalue weighted by Gasteiger charge is 2.27. The average Bonchev–Trinajstić information content (AvgIpc) is 2.65. The van der Waals surface area contributed by atoms with E-state index in [4.69, 9.17) is 9.47 Å². The van der Waals surface area contributed by atoms with E-state index in [2.05, 4.69) is 15.2 Å². The molecule has 0 radical (unpaired) electrons. The van der Waals surface area contributed by atoms with Gasteiger partial charge in [0.15, 0.2) is 17.6 Å². The maximum atomic E-state index is 13.1. The third kappa shape index (κ3) is 7.11. The molecule has 152 valence electrons. The van der Waals surface area contributed by atoms with Crippen molar-refractivity contribution in [3.8, 4) is 5.75 Å². The predicted octanol–water partition coefficient (Wildman–Crippen LogP) is 2.81. The first-order chi connectivity index (χ1) is 12.5. The molecule has 0 aromatic heterocycles. The number of rotatable bonds is 6. The minimum atomic E-state index is -0.935. The lowest BCUT2D eigenvalue weighted by Gasteiger charge is -2.33. The van der Waals surface area contributed by atoms with Crippen LogP contribution in [0.4, 0.5) is 8.78 Å². The summed E-state index contributed by atoms with van der Waals surface area (Å²) >= 11 is 0. The van der Waals surface area contributed by atoms with Gasteiger partial charge in [-0.25, -0.2) is 8.78 Å². The zero-order chi connectivity index (χ0) is 18.9. The number of halogens is 3. The van der Waals surface area contributed by atoms with Gasteiger partial charge in [0.05, 0.1) is 19.1 Å². The van der Waals surface area contributed by atoms with Crippen LogP contribution < -0.4 is 10.1 Å². The van der Waals surface area contributed by atoms with Gasteiger partial charge in [-0.3, -0.25) is 9.79 Å². The summed E-state index contributed by atoms with van der Waals surface area (Å²) in [4.78, 5) is 18.1. The van der Waals surface area contributed by atoms with Crippen molar-refractivity contribution in [1.82, 2.24) is 10.2 Å². The SMILES string of the molecule is CCOC(=O)C1CCN(C(=NC)NCCOc2ccc(F)c(F)c2)CC1.I. The lowest BCUT2D eigenvalue weighted by atomic mass is 9.97. The summed E-state index contributed by atoms with van der Waals surface area (Å²) in [6, 6.07) is 3.43. The number of carbonyl (C=O) groups excluding carboxylic acids is 1. The first kappa shape index (κ1) is 23.4. The third-order valence-corrected chi connectivity index (χ3v) is 4.17. The Kier molecular flexibility index (Phi) is 10.3. The minimum Gasteiger partial charge on any atom is -0.492 e. The quantitative estimate of drug-likeness (QED) is 0.216. The lowest BCUT2D eigenvalue weighted by molar-refractivity contribution is -0.149. The molecule has 1 heterocycles. The molecule has 0 aliphatic carbocycles. The molecule has 0 amide bonds. The van der Waals surface area contributed by atoms with Crippen LogP contribution in [0.2, 0.25) is 0 Å². The predicted molar refractivity (Wildman–Crippen MR) is 110 cm³/mol. The summed E-state index contributed by atoms with van der Waals surface area (Å²) in [5, 5.41) is 3.17. The van der Waals surface area contributed by atoms with E-state index in [0.29, 0.717) is 26.2 Å². The molecule has 1 fully saturated rings. The van der Waals surface area contributed by atoms with Crippen molar-refractivity contribution in [3.05, 3.63) is 29.8 Å². The van der Waals surface area contributed by atoms with E-state index in [1.807, 2.05) is 0 Å². The molecule has 0 spiro atoms. The van der Waals surface area contributed by atoms with Crippen LogP contribution in [-0.2, 0) is 9.53 Å². The van der Waals surface area contributed by atoms with Crippen LogP contribution in [0.1, 0.15) is 19.8 Å². The molecule has 1 aromatic carbocycles. The van der Waals surface area contributed by atoms with Gasteiger partial charge in [-0.15, -0.1) is 24.0 Å². The number of ether oxygens (including phenoxy) is 2. The molecule has 1 aromatic rings. The highest BCUT2D eigenvalue weighted by atomic mass is 127. The number of hydrogen-bond donors (Lipinski definition) is 1. The number of hydrogen-bond acceptors (Lipinski definition) is 4. The first-order valence-corrected chi connectivity index (χ1v) is 8.75. The van der Waals surface area contributed by atoms with Crippen LogP contribution in [0.3, 0.4) is 0 Å². The van der Waals surface area contributed by atoms with Gasteiger partial charge in [0, 0.05) is 26.2 Å². The van der Waals surface area contributed by atoms with E-state index in [1.54, 1.807) is 14.0 Å². The van der Waals surface area contributed by atoms with Gasteiger partial charge in [-0.1, -0.05) is 0 Å². The molecule has 1 N–H and O–H groups in total. The standard InChI is InChI=1S/C18H25F2N3O3.HI/c1-3-25-17(24)13-6-9-23(10-7-13)18(21-2)22-8-11-26-14-4-5-15(19)16(20)12-14;/h4-5,12-13H,3,6-11H2,1-2H3,(H,21,22);1H. The topological polar surface area (TPSA) is 63.2 Å². The Hall–Kier alpha value is -1.65. The zero-order valence-electron chi connectivity index (χ0n) is 15.5. The number of piperidine rings is 1. The van der Waals surface area contributed by atoms with E-state index >= 15 is 0 Å². The molecule has 0 unspecified atom stereocenters. The third-order valence-electron chi connectivity index (χ3n) is 4.17. The van der Waals surface area contributed by atoms with Crippen molar-refractivity contribution < 1.29 is 23.0 Å². The fourth-order valence-corrected chi connectivity index (χ4v) is 2.82. The maximum Gasteiger partial charge on any atom is 0.309 e.